The largest absolute Gasteiger partial charge is 0.480 e. The molecule has 1 N–H and O–H groups in total. The van der Waals surface area contributed by atoms with E-state index < -0.39 is 11.5 Å². The molecule has 1 fully saturated rings. The number of amides is 1. The highest BCUT2D eigenvalue weighted by Gasteiger charge is 2.45. The fourth-order valence-corrected chi connectivity index (χ4v) is 3.12. The predicted octanol–water partition coefficient (Wildman–Crippen LogP) is 2.66. The molecule has 126 valence electrons. The summed E-state index contributed by atoms with van der Waals surface area (Å²) in [5.74, 6) is -0.139. The van der Waals surface area contributed by atoms with E-state index in [1.165, 1.54) is 4.90 Å². The van der Waals surface area contributed by atoms with E-state index in [-0.39, 0.29) is 12.3 Å². The Kier molecular flexibility index (Phi) is 4.13. The number of carbonyl (C=O) groups excluding carboxylic acids is 1. The molecule has 6 heteroatoms. The van der Waals surface area contributed by atoms with Crippen LogP contribution in [0.15, 0.2) is 34.7 Å². The number of rotatable bonds is 4. The van der Waals surface area contributed by atoms with Crippen LogP contribution in [0.5, 0.6) is 0 Å². The Balaban J connectivity index is 1.80. The van der Waals surface area contributed by atoms with Gasteiger partial charge in [-0.25, -0.2) is 9.78 Å². The number of oxazole rings is 1. The monoisotopic (exact) mass is 328 g/mol. The zero-order chi connectivity index (χ0) is 17.3. The molecule has 1 atom stereocenters. The highest BCUT2D eigenvalue weighted by molar-refractivity contribution is 5.88. The van der Waals surface area contributed by atoms with Gasteiger partial charge in [-0.15, -0.1) is 0 Å². The Morgan fingerprint density at radius 3 is 2.71 bits per heavy atom. The van der Waals surface area contributed by atoms with Gasteiger partial charge in [0, 0.05) is 12.1 Å². The van der Waals surface area contributed by atoms with Gasteiger partial charge in [0.05, 0.1) is 12.1 Å². The minimum absolute atomic E-state index is 0.0467. The fourth-order valence-electron chi connectivity index (χ4n) is 3.12. The number of likely N-dealkylation sites (tertiary alicyclic amines) is 1. The molecule has 24 heavy (non-hydrogen) atoms. The maximum atomic E-state index is 12.6. The highest BCUT2D eigenvalue weighted by Crippen LogP contribution is 2.30. The Bertz CT molecular complexity index is 769. The van der Waals surface area contributed by atoms with Gasteiger partial charge >= 0.3 is 5.97 Å². The van der Waals surface area contributed by atoms with Gasteiger partial charge in [0.1, 0.15) is 11.3 Å². The Morgan fingerprint density at radius 2 is 2.04 bits per heavy atom. The third-order valence-corrected chi connectivity index (χ3v) is 4.63. The molecular formula is C18H20N2O4. The third kappa shape index (κ3) is 2.79. The molecule has 1 aromatic heterocycles. The van der Waals surface area contributed by atoms with Gasteiger partial charge < -0.3 is 14.4 Å². The lowest BCUT2D eigenvalue weighted by Crippen LogP contribution is -2.51. The van der Waals surface area contributed by atoms with Gasteiger partial charge in [-0.05, 0) is 38.8 Å². The topological polar surface area (TPSA) is 83.6 Å². The summed E-state index contributed by atoms with van der Waals surface area (Å²) in [6.45, 7) is 3.83. The van der Waals surface area contributed by atoms with E-state index in [1.54, 1.807) is 13.8 Å². The SMILES string of the molecule is Cc1oc(-c2ccccc2)nc1CC(=O)N1CCCC1(C)C(=O)O. The molecule has 0 spiro atoms. The maximum absolute atomic E-state index is 12.6. The molecule has 1 saturated heterocycles. The molecule has 0 saturated carbocycles. The number of aliphatic carboxylic acids is 1. The van der Waals surface area contributed by atoms with Crippen molar-refractivity contribution in [3.8, 4) is 11.5 Å². The van der Waals surface area contributed by atoms with E-state index in [2.05, 4.69) is 4.98 Å². The number of carboxylic acid groups (broad SMARTS) is 1. The van der Waals surface area contributed by atoms with Crippen LogP contribution < -0.4 is 0 Å². The molecule has 1 aromatic carbocycles. The summed E-state index contributed by atoms with van der Waals surface area (Å²) in [5, 5.41) is 9.44. The molecule has 1 unspecified atom stereocenters. The molecule has 0 radical (unpaired) electrons. The quantitative estimate of drug-likeness (QED) is 0.933. The number of nitrogens with zero attached hydrogens (tertiary/aromatic N) is 2. The normalized spacial score (nSPS) is 20.3. The molecule has 2 heterocycles. The first-order valence-electron chi connectivity index (χ1n) is 7.97. The fraction of sp³-hybridized carbons (Fsp3) is 0.389. The van der Waals surface area contributed by atoms with Crippen LogP contribution in [-0.4, -0.2) is 39.0 Å². The van der Waals surface area contributed by atoms with Crippen LogP contribution in [0.25, 0.3) is 11.5 Å². The average Bonchev–Trinajstić information content (AvgIpc) is 3.13. The van der Waals surface area contributed by atoms with E-state index in [9.17, 15) is 14.7 Å². The number of benzene rings is 1. The average molecular weight is 328 g/mol. The minimum atomic E-state index is -1.13. The van der Waals surface area contributed by atoms with E-state index in [1.807, 2.05) is 30.3 Å². The summed E-state index contributed by atoms with van der Waals surface area (Å²) in [4.78, 5) is 30.0. The summed E-state index contributed by atoms with van der Waals surface area (Å²) in [6.07, 6.45) is 1.22. The molecule has 0 bridgehead atoms. The Labute approximate surface area is 140 Å². The molecular weight excluding hydrogens is 308 g/mol. The zero-order valence-electron chi connectivity index (χ0n) is 13.8. The lowest BCUT2D eigenvalue weighted by molar-refractivity contribution is -0.155. The summed E-state index contributed by atoms with van der Waals surface area (Å²) >= 11 is 0. The van der Waals surface area contributed by atoms with Gasteiger partial charge in [0.15, 0.2) is 0 Å². The van der Waals surface area contributed by atoms with E-state index in [4.69, 9.17) is 4.42 Å². The van der Waals surface area contributed by atoms with Crippen molar-refractivity contribution in [2.24, 2.45) is 0 Å². The molecule has 2 aromatic rings. The zero-order valence-corrected chi connectivity index (χ0v) is 13.8. The first-order valence-corrected chi connectivity index (χ1v) is 7.97. The molecule has 1 aliphatic heterocycles. The van der Waals surface area contributed by atoms with Crippen molar-refractivity contribution in [2.75, 3.05) is 6.54 Å². The summed E-state index contributed by atoms with van der Waals surface area (Å²) in [5.41, 5.74) is 0.270. The smallest absolute Gasteiger partial charge is 0.329 e. The van der Waals surface area contributed by atoms with Gasteiger partial charge in [-0.3, -0.25) is 4.79 Å². The van der Waals surface area contributed by atoms with Crippen LogP contribution in [-0.2, 0) is 16.0 Å². The summed E-state index contributed by atoms with van der Waals surface area (Å²) in [6, 6.07) is 9.46. The van der Waals surface area contributed by atoms with E-state index in [0.717, 1.165) is 5.56 Å². The molecule has 1 amide bonds. The van der Waals surface area contributed by atoms with Crippen molar-refractivity contribution in [2.45, 2.75) is 38.6 Å². The summed E-state index contributed by atoms with van der Waals surface area (Å²) in [7, 11) is 0. The van der Waals surface area contributed by atoms with Crippen LogP contribution in [0.2, 0.25) is 0 Å². The molecule has 1 aliphatic rings. The number of aromatic nitrogens is 1. The van der Waals surface area contributed by atoms with Gasteiger partial charge in [0.2, 0.25) is 11.8 Å². The van der Waals surface area contributed by atoms with Crippen molar-refractivity contribution in [3.05, 3.63) is 41.8 Å². The van der Waals surface area contributed by atoms with E-state index in [0.29, 0.717) is 36.7 Å². The predicted molar refractivity (Wildman–Crippen MR) is 87.4 cm³/mol. The van der Waals surface area contributed by atoms with Crippen LogP contribution >= 0.6 is 0 Å². The number of hydrogen-bond donors (Lipinski definition) is 1. The van der Waals surface area contributed by atoms with Gasteiger partial charge in [-0.2, -0.15) is 0 Å². The summed E-state index contributed by atoms with van der Waals surface area (Å²) < 4.78 is 5.67. The lowest BCUT2D eigenvalue weighted by Gasteiger charge is -2.31. The first-order chi connectivity index (χ1) is 11.4. The molecule has 3 rings (SSSR count). The second-order valence-electron chi connectivity index (χ2n) is 6.29. The van der Waals surface area contributed by atoms with E-state index >= 15 is 0 Å². The van der Waals surface area contributed by atoms with Crippen molar-refractivity contribution in [1.82, 2.24) is 9.88 Å². The Hall–Kier alpha value is -2.63. The molecule has 0 aliphatic carbocycles. The second-order valence-corrected chi connectivity index (χ2v) is 6.29. The van der Waals surface area contributed by atoms with Crippen molar-refractivity contribution >= 4 is 11.9 Å². The van der Waals surface area contributed by atoms with Gasteiger partial charge in [-0.1, -0.05) is 18.2 Å². The van der Waals surface area contributed by atoms with Crippen molar-refractivity contribution in [3.63, 3.8) is 0 Å². The first kappa shape index (κ1) is 16.2. The third-order valence-electron chi connectivity index (χ3n) is 4.63. The van der Waals surface area contributed by atoms with Gasteiger partial charge in [0.25, 0.3) is 0 Å². The highest BCUT2D eigenvalue weighted by atomic mass is 16.4. The standard InChI is InChI=1S/C18H20N2O4/c1-12-14(19-16(24-12)13-7-4-3-5-8-13)11-15(21)20-10-6-9-18(20,2)17(22)23/h3-5,7-8H,6,9-11H2,1-2H3,(H,22,23). The number of hydrogen-bond acceptors (Lipinski definition) is 4. The van der Waals surface area contributed by atoms with Crippen molar-refractivity contribution in [1.29, 1.82) is 0 Å². The number of carboxylic acids is 1. The van der Waals surface area contributed by atoms with Crippen LogP contribution in [0.3, 0.4) is 0 Å². The lowest BCUT2D eigenvalue weighted by atomic mass is 9.99. The number of carbonyl (C=O) groups is 2. The molecule has 6 nitrogen and oxygen atoms in total. The number of aryl methyl sites for hydroxylation is 1. The van der Waals surface area contributed by atoms with Crippen LogP contribution in [0.4, 0.5) is 0 Å². The van der Waals surface area contributed by atoms with Crippen molar-refractivity contribution < 1.29 is 19.1 Å². The Morgan fingerprint density at radius 1 is 1.33 bits per heavy atom. The van der Waals surface area contributed by atoms with Crippen LogP contribution in [0, 0.1) is 6.92 Å². The van der Waals surface area contributed by atoms with Crippen LogP contribution in [0.1, 0.15) is 31.2 Å². The maximum Gasteiger partial charge on any atom is 0.329 e. The second kappa shape index (κ2) is 6.11. The minimum Gasteiger partial charge on any atom is -0.480 e.